The number of methoxy groups -OCH3 is 1. The Labute approximate surface area is 178 Å². The first-order valence-electron chi connectivity index (χ1n) is 10.2. The van der Waals surface area contributed by atoms with Crippen molar-refractivity contribution >= 4 is 18.3 Å². The molecule has 1 aromatic carbocycles. The normalized spacial score (nSPS) is 24.3. The molecular weight excluding hydrogens is 390 g/mol. The van der Waals surface area contributed by atoms with Gasteiger partial charge in [0.1, 0.15) is 5.82 Å². The van der Waals surface area contributed by atoms with Crippen molar-refractivity contribution in [1.29, 1.82) is 0 Å². The minimum absolute atomic E-state index is 0. The number of fused-ring (bicyclic) bond motifs is 1. The van der Waals surface area contributed by atoms with Crippen LogP contribution in [0.2, 0.25) is 0 Å². The Hall–Kier alpha value is -1.96. The van der Waals surface area contributed by atoms with Crippen molar-refractivity contribution in [3.63, 3.8) is 0 Å². The van der Waals surface area contributed by atoms with Crippen molar-refractivity contribution in [3.8, 4) is 0 Å². The van der Waals surface area contributed by atoms with Crippen molar-refractivity contribution in [2.75, 3.05) is 20.2 Å². The second-order valence-electron chi connectivity index (χ2n) is 7.85. The molecule has 0 spiro atoms. The number of halogens is 1. The van der Waals surface area contributed by atoms with E-state index >= 15 is 0 Å². The zero-order chi connectivity index (χ0) is 19.5. The highest BCUT2D eigenvalue weighted by molar-refractivity contribution is 5.85. The highest BCUT2D eigenvalue weighted by Crippen LogP contribution is 2.27. The van der Waals surface area contributed by atoms with Crippen LogP contribution in [0.15, 0.2) is 30.3 Å². The number of nitrogens with zero attached hydrogens (tertiary/aromatic N) is 4. The Morgan fingerprint density at radius 3 is 2.76 bits per heavy atom. The molecule has 1 aliphatic heterocycles. The molecule has 2 heterocycles. The van der Waals surface area contributed by atoms with Crippen molar-refractivity contribution in [3.05, 3.63) is 47.5 Å². The summed E-state index contributed by atoms with van der Waals surface area (Å²) in [4.78, 5) is 19.7. The van der Waals surface area contributed by atoms with Crippen LogP contribution < -0.4 is 5.73 Å². The monoisotopic (exact) mass is 419 g/mol. The number of nitrogens with two attached hydrogens (primary N) is 1. The highest BCUT2D eigenvalue weighted by Gasteiger charge is 2.34. The first-order valence-corrected chi connectivity index (χ1v) is 10.2. The minimum atomic E-state index is -0.0210. The van der Waals surface area contributed by atoms with Crippen LogP contribution in [0.3, 0.4) is 0 Å². The molecule has 158 valence electrons. The molecule has 1 saturated carbocycles. The maximum Gasteiger partial charge on any atom is 0.225 e. The van der Waals surface area contributed by atoms with Gasteiger partial charge in [-0.05, 0) is 24.8 Å². The van der Waals surface area contributed by atoms with Crippen molar-refractivity contribution in [1.82, 2.24) is 19.7 Å². The minimum Gasteiger partial charge on any atom is -0.380 e. The fourth-order valence-corrected chi connectivity index (χ4v) is 4.33. The van der Waals surface area contributed by atoms with Crippen LogP contribution >= 0.6 is 12.4 Å². The average Bonchev–Trinajstić information content (AvgIpc) is 2.99. The first kappa shape index (κ1) is 21.7. The van der Waals surface area contributed by atoms with E-state index < -0.39 is 0 Å². The number of aromatic nitrogens is 3. The lowest BCUT2D eigenvalue weighted by molar-refractivity contribution is -0.138. The lowest BCUT2D eigenvalue weighted by Gasteiger charge is -2.34. The van der Waals surface area contributed by atoms with Gasteiger partial charge in [0, 0.05) is 45.0 Å². The molecule has 1 fully saturated rings. The van der Waals surface area contributed by atoms with Gasteiger partial charge < -0.3 is 15.4 Å². The third-order valence-electron chi connectivity index (χ3n) is 5.99. The predicted molar refractivity (Wildman–Crippen MR) is 113 cm³/mol. The van der Waals surface area contributed by atoms with E-state index in [9.17, 15) is 4.79 Å². The number of rotatable bonds is 4. The van der Waals surface area contributed by atoms with Gasteiger partial charge in [-0.25, -0.2) is 9.67 Å². The molecule has 1 aliphatic carbocycles. The summed E-state index contributed by atoms with van der Waals surface area (Å²) in [6.07, 6.45) is 3.87. The molecular formula is C21H30ClN5O2. The third kappa shape index (κ3) is 4.97. The molecule has 2 aliphatic rings. The molecule has 0 bridgehead atoms. The molecule has 0 radical (unpaired) electrons. The van der Waals surface area contributed by atoms with Gasteiger partial charge in [-0.3, -0.25) is 4.79 Å². The van der Waals surface area contributed by atoms with E-state index in [1.165, 1.54) is 5.56 Å². The van der Waals surface area contributed by atoms with E-state index in [1.54, 1.807) is 7.11 Å². The van der Waals surface area contributed by atoms with E-state index in [0.717, 1.165) is 43.8 Å². The van der Waals surface area contributed by atoms with Gasteiger partial charge in [0.05, 0.1) is 12.6 Å². The molecule has 3 atom stereocenters. The van der Waals surface area contributed by atoms with Gasteiger partial charge in [-0.2, -0.15) is 5.10 Å². The molecule has 8 heteroatoms. The lowest BCUT2D eigenvalue weighted by atomic mass is 9.83. The summed E-state index contributed by atoms with van der Waals surface area (Å²) >= 11 is 0. The van der Waals surface area contributed by atoms with E-state index in [0.29, 0.717) is 19.6 Å². The number of amides is 1. The second kappa shape index (κ2) is 9.69. The van der Waals surface area contributed by atoms with E-state index in [1.807, 2.05) is 27.8 Å². The SMILES string of the molecule is CO[C@H]1C[C@@H](C(=O)N2CCc3nc(Cc4ccccc4)nn3CC2)CC[C@@H]1N.Cl. The standard InChI is InChI=1S/C21H29N5O2.ClH/c1-28-18-14-16(7-8-17(18)22)21(27)25-10-9-20-23-19(24-26(20)12-11-25)13-15-5-3-2-4-6-15;/h2-6,16-18H,7-14,22H2,1H3;1H/t16-,17-,18-;/m0./s1. The van der Waals surface area contributed by atoms with Crippen LogP contribution in [-0.2, 0) is 28.9 Å². The Morgan fingerprint density at radius 1 is 1.21 bits per heavy atom. The Bertz CT molecular complexity index is 787. The van der Waals surface area contributed by atoms with Gasteiger partial charge >= 0.3 is 0 Å². The van der Waals surface area contributed by atoms with Gasteiger partial charge in [-0.15, -0.1) is 12.4 Å². The molecule has 29 heavy (non-hydrogen) atoms. The first-order chi connectivity index (χ1) is 13.6. The summed E-state index contributed by atoms with van der Waals surface area (Å²) in [6.45, 7) is 2.07. The number of hydrogen-bond donors (Lipinski definition) is 1. The molecule has 4 rings (SSSR count). The number of carbonyl (C=O) groups excluding carboxylic acids is 1. The molecule has 2 N–H and O–H groups in total. The van der Waals surface area contributed by atoms with Crippen LogP contribution in [0.4, 0.5) is 0 Å². The van der Waals surface area contributed by atoms with Crippen molar-refractivity contribution in [2.45, 2.75) is 50.8 Å². The van der Waals surface area contributed by atoms with Crippen molar-refractivity contribution < 1.29 is 9.53 Å². The predicted octanol–water partition coefficient (Wildman–Crippen LogP) is 1.82. The lowest BCUT2D eigenvalue weighted by Crippen LogP contribution is -2.47. The summed E-state index contributed by atoms with van der Waals surface area (Å²) in [5.41, 5.74) is 7.31. The van der Waals surface area contributed by atoms with Crippen LogP contribution in [-0.4, -0.2) is 57.9 Å². The zero-order valence-electron chi connectivity index (χ0n) is 16.9. The molecule has 0 saturated heterocycles. The molecule has 1 aromatic heterocycles. The summed E-state index contributed by atoms with van der Waals surface area (Å²) in [5.74, 6) is 2.06. The zero-order valence-corrected chi connectivity index (χ0v) is 17.7. The maximum atomic E-state index is 13.0. The highest BCUT2D eigenvalue weighted by atomic mass is 35.5. The van der Waals surface area contributed by atoms with Crippen LogP contribution in [0.25, 0.3) is 0 Å². The maximum absolute atomic E-state index is 13.0. The third-order valence-corrected chi connectivity index (χ3v) is 5.99. The van der Waals surface area contributed by atoms with Crippen LogP contribution in [0.1, 0.15) is 36.5 Å². The van der Waals surface area contributed by atoms with E-state index in [4.69, 9.17) is 15.5 Å². The summed E-state index contributed by atoms with van der Waals surface area (Å²) in [6, 6.07) is 10.3. The second-order valence-corrected chi connectivity index (χ2v) is 7.85. The Kier molecular flexibility index (Phi) is 7.27. The number of hydrogen-bond acceptors (Lipinski definition) is 5. The summed E-state index contributed by atoms with van der Waals surface area (Å²) in [5, 5.41) is 4.68. The number of benzene rings is 1. The fraction of sp³-hybridized carbons (Fsp3) is 0.571. The Balaban J connectivity index is 0.00000240. The molecule has 0 unspecified atom stereocenters. The van der Waals surface area contributed by atoms with E-state index in [-0.39, 0.29) is 36.4 Å². The van der Waals surface area contributed by atoms with Gasteiger partial charge in [0.15, 0.2) is 5.82 Å². The van der Waals surface area contributed by atoms with Crippen molar-refractivity contribution in [2.24, 2.45) is 11.7 Å². The van der Waals surface area contributed by atoms with Gasteiger partial charge in [0.2, 0.25) is 5.91 Å². The van der Waals surface area contributed by atoms with Gasteiger partial charge in [-0.1, -0.05) is 30.3 Å². The van der Waals surface area contributed by atoms with Crippen LogP contribution in [0, 0.1) is 5.92 Å². The topological polar surface area (TPSA) is 86.3 Å². The van der Waals surface area contributed by atoms with E-state index in [2.05, 4.69) is 17.2 Å². The Morgan fingerprint density at radius 2 is 2.00 bits per heavy atom. The van der Waals surface area contributed by atoms with Gasteiger partial charge in [0.25, 0.3) is 0 Å². The quantitative estimate of drug-likeness (QED) is 0.816. The average molecular weight is 420 g/mol. The summed E-state index contributed by atoms with van der Waals surface area (Å²) in [7, 11) is 1.68. The number of ether oxygens (including phenoxy) is 1. The molecule has 2 aromatic rings. The summed E-state index contributed by atoms with van der Waals surface area (Å²) < 4.78 is 7.45. The molecule has 7 nitrogen and oxygen atoms in total. The molecule has 1 amide bonds. The smallest absolute Gasteiger partial charge is 0.225 e. The largest absolute Gasteiger partial charge is 0.380 e. The van der Waals surface area contributed by atoms with Crippen LogP contribution in [0.5, 0.6) is 0 Å². The fourth-order valence-electron chi connectivity index (χ4n) is 4.33. The number of carbonyl (C=O) groups is 1.